The van der Waals surface area contributed by atoms with Crippen molar-refractivity contribution in [1.82, 2.24) is 20.2 Å². The highest BCUT2D eigenvalue weighted by molar-refractivity contribution is 5.34. The van der Waals surface area contributed by atoms with Gasteiger partial charge in [0.1, 0.15) is 0 Å². The zero-order chi connectivity index (χ0) is 6.69. The molecule has 0 amide bonds. The van der Waals surface area contributed by atoms with Crippen LogP contribution >= 0.6 is 0 Å². The van der Waals surface area contributed by atoms with Crippen LogP contribution in [0, 0.1) is 0 Å². The van der Waals surface area contributed by atoms with Gasteiger partial charge >= 0.3 is 0 Å². The molecule has 0 saturated carbocycles. The Labute approximate surface area is 53.2 Å². The van der Waals surface area contributed by atoms with E-state index in [0.717, 1.165) is 12.4 Å². The second-order valence-electron chi connectivity index (χ2n) is 1.56. The molecule has 0 fully saturated rings. The first-order chi connectivity index (χ1) is 4.38. The van der Waals surface area contributed by atoms with Gasteiger partial charge < -0.3 is 0 Å². The molecule has 9 heavy (non-hydrogen) atoms. The van der Waals surface area contributed by atoms with Crippen LogP contribution in [-0.2, 0) is 6.54 Å². The number of tetrazole rings is 1. The van der Waals surface area contributed by atoms with Crippen molar-refractivity contribution in [3.05, 3.63) is 12.4 Å². The summed E-state index contributed by atoms with van der Waals surface area (Å²) in [4.78, 5) is 0. The molecule has 1 heterocycles. The monoisotopic (exact) mass is 124 g/mol. The van der Waals surface area contributed by atoms with Crippen molar-refractivity contribution in [3.8, 4) is 0 Å². The largest absolute Gasteiger partial charge is 0.226 e. The van der Waals surface area contributed by atoms with Crippen molar-refractivity contribution >= 4 is 6.08 Å². The van der Waals surface area contributed by atoms with Crippen molar-refractivity contribution in [1.29, 1.82) is 0 Å². The van der Waals surface area contributed by atoms with Crippen molar-refractivity contribution < 1.29 is 0 Å². The van der Waals surface area contributed by atoms with E-state index in [9.17, 15) is 0 Å². The molecule has 0 unspecified atom stereocenters. The van der Waals surface area contributed by atoms with Gasteiger partial charge in [0, 0.05) is 6.54 Å². The summed E-state index contributed by atoms with van der Waals surface area (Å²) in [5.41, 5.74) is 0. The first-order valence-electron chi connectivity index (χ1n) is 2.77. The van der Waals surface area contributed by atoms with Crippen LogP contribution in [-0.4, -0.2) is 20.2 Å². The van der Waals surface area contributed by atoms with Crippen molar-refractivity contribution in [2.45, 2.75) is 13.5 Å². The molecule has 48 valence electrons. The highest BCUT2D eigenvalue weighted by Gasteiger charge is 1.95. The molecule has 0 bridgehead atoms. The van der Waals surface area contributed by atoms with Crippen LogP contribution in [0.3, 0.4) is 0 Å². The minimum absolute atomic E-state index is 0.720. The van der Waals surface area contributed by atoms with E-state index in [0.29, 0.717) is 0 Å². The topological polar surface area (TPSA) is 43.6 Å². The third-order valence-electron chi connectivity index (χ3n) is 1.04. The summed E-state index contributed by atoms with van der Waals surface area (Å²) in [6.07, 6.45) is 1.63. The smallest absolute Gasteiger partial charge is 0.174 e. The lowest BCUT2D eigenvalue weighted by Gasteiger charge is -1.91. The predicted octanol–water partition coefficient (Wildman–Crippen LogP) is 0.336. The van der Waals surface area contributed by atoms with E-state index in [1.54, 1.807) is 10.8 Å². The highest BCUT2D eigenvalue weighted by atomic mass is 15.5. The Hall–Kier alpha value is -1.19. The van der Waals surface area contributed by atoms with E-state index in [2.05, 4.69) is 22.1 Å². The van der Waals surface area contributed by atoms with Gasteiger partial charge in [-0.25, -0.2) is 4.68 Å². The molecule has 0 atom stereocenters. The molecule has 0 saturated heterocycles. The van der Waals surface area contributed by atoms with Gasteiger partial charge in [-0.1, -0.05) is 6.58 Å². The molecule has 0 radical (unpaired) electrons. The number of hydrogen-bond acceptors (Lipinski definition) is 3. The fraction of sp³-hybridized carbons (Fsp3) is 0.400. The van der Waals surface area contributed by atoms with Gasteiger partial charge in [-0.05, 0) is 23.4 Å². The van der Waals surface area contributed by atoms with Gasteiger partial charge in [0.25, 0.3) is 0 Å². The van der Waals surface area contributed by atoms with Gasteiger partial charge in [0.15, 0.2) is 5.82 Å². The van der Waals surface area contributed by atoms with Gasteiger partial charge in [0.05, 0.1) is 0 Å². The fourth-order valence-corrected chi connectivity index (χ4v) is 0.583. The number of aryl methyl sites for hydroxylation is 1. The Kier molecular flexibility index (Phi) is 1.58. The van der Waals surface area contributed by atoms with Crippen LogP contribution in [0.1, 0.15) is 12.7 Å². The maximum atomic E-state index is 3.69. The Morgan fingerprint density at radius 1 is 1.78 bits per heavy atom. The molecule has 0 aromatic carbocycles. The zero-order valence-corrected chi connectivity index (χ0v) is 5.28. The number of nitrogens with zero attached hydrogens (tertiary/aromatic N) is 4. The van der Waals surface area contributed by atoms with E-state index >= 15 is 0 Å². The van der Waals surface area contributed by atoms with E-state index in [-0.39, 0.29) is 0 Å². The molecule has 1 rings (SSSR count). The van der Waals surface area contributed by atoms with Crippen LogP contribution < -0.4 is 0 Å². The third-order valence-corrected chi connectivity index (χ3v) is 1.04. The van der Waals surface area contributed by atoms with E-state index in [4.69, 9.17) is 0 Å². The van der Waals surface area contributed by atoms with Crippen LogP contribution in [0.15, 0.2) is 6.58 Å². The van der Waals surface area contributed by atoms with Gasteiger partial charge in [0.2, 0.25) is 0 Å². The van der Waals surface area contributed by atoms with Gasteiger partial charge in [-0.15, -0.1) is 5.10 Å². The Morgan fingerprint density at radius 2 is 2.56 bits per heavy atom. The summed E-state index contributed by atoms with van der Waals surface area (Å²) >= 11 is 0. The van der Waals surface area contributed by atoms with Crippen molar-refractivity contribution in [2.24, 2.45) is 0 Å². The lowest BCUT2D eigenvalue weighted by atomic mass is 10.6. The molecule has 0 aliphatic carbocycles. The van der Waals surface area contributed by atoms with Crippen LogP contribution in [0.25, 0.3) is 6.08 Å². The Balaban J connectivity index is 2.98. The third kappa shape index (κ3) is 0.960. The lowest BCUT2D eigenvalue weighted by molar-refractivity contribution is 0.621. The molecule has 0 N–H and O–H groups in total. The zero-order valence-electron chi connectivity index (χ0n) is 5.28. The van der Waals surface area contributed by atoms with Gasteiger partial charge in [-0.3, -0.25) is 0 Å². The average molecular weight is 124 g/mol. The summed E-state index contributed by atoms with van der Waals surface area (Å²) < 4.78 is 1.67. The van der Waals surface area contributed by atoms with Crippen LogP contribution in [0.5, 0.6) is 0 Å². The van der Waals surface area contributed by atoms with E-state index < -0.39 is 0 Å². The van der Waals surface area contributed by atoms with Gasteiger partial charge in [-0.2, -0.15) is 0 Å². The molecule has 1 aromatic rings. The lowest BCUT2D eigenvalue weighted by Crippen LogP contribution is -1.98. The number of rotatable bonds is 2. The molecule has 1 aromatic heterocycles. The molecular weight excluding hydrogens is 116 g/mol. The number of aromatic nitrogens is 4. The summed E-state index contributed by atoms with van der Waals surface area (Å²) in [5, 5.41) is 10.8. The molecule has 0 aliphatic heterocycles. The molecule has 4 nitrogen and oxygen atoms in total. The SMILES string of the molecule is C=Cc1nnnn1CC. The molecule has 0 aliphatic rings. The van der Waals surface area contributed by atoms with Crippen LogP contribution in [0.2, 0.25) is 0 Å². The molecule has 4 heteroatoms. The minimum atomic E-state index is 0.720. The highest BCUT2D eigenvalue weighted by Crippen LogP contribution is 1.90. The fourth-order valence-electron chi connectivity index (χ4n) is 0.583. The molecule has 0 spiro atoms. The first-order valence-corrected chi connectivity index (χ1v) is 2.77. The quantitative estimate of drug-likeness (QED) is 0.570. The van der Waals surface area contributed by atoms with E-state index in [1.807, 2.05) is 6.92 Å². The second-order valence-corrected chi connectivity index (χ2v) is 1.56. The Bertz CT molecular complexity index is 202. The second kappa shape index (κ2) is 2.39. The maximum Gasteiger partial charge on any atom is 0.174 e. The predicted molar refractivity (Wildman–Crippen MR) is 33.6 cm³/mol. The van der Waals surface area contributed by atoms with Crippen LogP contribution in [0.4, 0.5) is 0 Å². The van der Waals surface area contributed by atoms with Crippen molar-refractivity contribution in [3.63, 3.8) is 0 Å². The summed E-state index contributed by atoms with van der Waals surface area (Å²) in [7, 11) is 0. The Morgan fingerprint density at radius 3 is 3.00 bits per heavy atom. The average Bonchev–Trinajstić information content (AvgIpc) is 2.33. The van der Waals surface area contributed by atoms with E-state index in [1.165, 1.54) is 0 Å². The minimum Gasteiger partial charge on any atom is -0.226 e. The first kappa shape index (κ1) is 5.94. The molecular formula is C5H8N4. The van der Waals surface area contributed by atoms with Crippen molar-refractivity contribution in [2.75, 3.05) is 0 Å². The summed E-state index contributed by atoms with van der Waals surface area (Å²) in [6.45, 7) is 6.31. The summed E-state index contributed by atoms with van der Waals surface area (Å²) in [5.74, 6) is 0.720. The normalized spacial score (nSPS) is 9.44. The number of hydrogen-bond donors (Lipinski definition) is 0. The standard InChI is InChI=1S/C5H8N4/c1-3-5-6-7-8-9(5)4-2/h3H,1,4H2,2H3. The summed E-state index contributed by atoms with van der Waals surface area (Å²) in [6, 6.07) is 0. The maximum absolute atomic E-state index is 3.69.